The second kappa shape index (κ2) is 8.59. The standard InChI is InChI=1S/C12H18Cl2N2O/c1-17-6-2-3-15-4-5-16-12-8-10(13)7-11(14)9-12/h7-9,15-16H,2-6H2,1H3. The molecule has 0 bridgehead atoms. The summed E-state index contributed by atoms with van der Waals surface area (Å²) in [6.45, 7) is 3.49. The maximum atomic E-state index is 5.89. The normalized spacial score (nSPS) is 10.5. The van der Waals surface area contributed by atoms with Crippen LogP contribution in [-0.2, 0) is 4.74 Å². The van der Waals surface area contributed by atoms with Gasteiger partial charge in [-0.15, -0.1) is 0 Å². The summed E-state index contributed by atoms with van der Waals surface area (Å²) in [4.78, 5) is 0. The smallest absolute Gasteiger partial charge is 0.0474 e. The first kappa shape index (κ1) is 14.6. The SMILES string of the molecule is COCCCNCCNc1cc(Cl)cc(Cl)c1. The Morgan fingerprint density at radius 1 is 1.06 bits per heavy atom. The van der Waals surface area contributed by atoms with Crippen molar-refractivity contribution in [1.29, 1.82) is 0 Å². The van der Waals surface area contributed by atoms with Crippen molar-refractivity contribution in [3.8, 4) is 0 Å². The van der Waals surface area contributed by atoms with Gasteiger partial charge in [-0.05, 0) is 31.2 Å². The number of benzene rings is 1. The lowest BCUT2D eigenvalue weighted by atomic mass is 10.3. The summed E-state index contributed by atoms with van der Waals surface area (Å²) < 4.78 is 4.96. The zero-order chi connectivity index (χ0) is 12.5. The number of hydrogen-bond acceptors (Lipinski definition) is 3. The van der Waals surface area contributed by atoms with Crippen molar-refractivity contribution < 1.29 is 4.74 Å². The molecule has 0 aromatic heterocycles. The van der Waals surface area contributed by atoms with E-state index in [4.69, 9.17) is 27.9 Å². The summed E-state index contributed by atoms with van der Waals surface area (Å²) in [6.07, 6.45) is 1.03. The van der Waals surface area contributed by atoms with Gasteiger partial charge in [0.25, 0.3) is 0 Å². The second-order valence-corrected chi connectivity index (χ2v) is 4.55. The molecule has 5 heteroatoms. The second-order valence-electron chi connectivity index (χ2n) is 3.68. The zero-order valence-electron chi connectivity index (χ0n) is 9.93. The average molecular weight is 277 g/mol. The third kappa shape index (κ3) is 6.74. The topological polar surface area (TPSA) is 33.3 Å². The lowest BCUT2D eigenvalue weighted by Gasteiger charge is -2.08. The summed E-state index contributed by atoms with van der Waals surface area (Å²) in [5.74, 6) is 0. The molecule has 1 aromatic rings. The Balaban J connectivity index is 2.13. The van der Waals surface area contributed by atoms with Crippen molar-refractivity contribution in [3.63, 3.8) is 0 Å². The molecule has 0 unspecified atom stereocenters. The molecule has 1 aromatic carbocycles. The van der Waals surface area contributed by atoms with E-state index < -0.39 is 0 Å². The van der Waals surface area contributed by atoms with Gasteiger partial charge in [-0.1, -0.05) is 23.2 Å². The van der Waals surface area contributed by atoms with Crippen LogP contribution in [0.4, 0.5) is 5.69 Å². The molecule has 0 amide bonds. The first-order valence-electron chi connectivity index (χ1n) is 5.62. The van der Waals surface area contributed by atoms with Gasteiger partial charge < -0.3 is 15.4 Å². The summed E-state index contributed by atoms with van der Waals surface area (Å²) in [6, 6.07) is 5.44. The minimum absolute atomic E-state index is 0.646. The van der Waals surface area contributed by atoms with Gasteiger partial charge in [0.1, 0.15) is 0 Å². The molecule has 0 atom stereocenters. The maximum absolute atomic E-state index is 5.89. The van der Waals surface area contributed by atoms with Gasteiger partial charge in [-0.25, -0.2) is 0 Å². The van der Waals surface area contributed by atoms with Gasteiger partial charge in [0.2, 0.25) is 0 Å². The lowest BCUT2D eigenvalue weighted by Crippen LogP contribution is -2.23. The molecule has 0 saturated carbocycles. The van der Waals surface area contributed by atoms with Crippen LogP contribution in [0.1, 0.15) is 6.42 Å². The molecule has 0 spiro atoms. The van der Waals surface area contributed by atoms with Crippen LogP contribution in [0.3, 0.4) is 0 Å². The average Bonchev–Trinajstić information content (AvgIpc) is 2.26. The number of halogens is 2. The predicted octanol–water partition coefficient (Wildman–Crippen LogP) is 3.03. The number of nitrogens with one attached hydrogen (secondary N) is 2. The van der Waals surface area contributed by atoms with Gasteiger partial charge in [0, 0.05) is 42.5 Å². The van der Waals surface area contributed by atoms with E-state index in [-0.39, 0.29) is 0 Å². The van der Waals surface area contributed by atoms with Crippen LogP contribution in [-0.4, -0.2) is 33.4 Å². The molecule has 0 aliphatic carbocycles. The monoisotopic (exact) mass is 276 g/mol. The number of methoxy groups -OCH3 is 1. The highest BCUT2D eigenvalue weighted by Crippen LogP contribution is 2.21. The Bertz CT molecular complexity index is 314. The minimum Gasteiger partial charge on any atom is -0.385 e. The summed E-state index contributed by atoms with van der Waals surface area (Å²) in [5.41, 5.74) is 0.946. The van der Waals surface area contributed by atoms with Gasteiger partial charge >= 0.3 is 0 Å². The first-order valence-corrected chi connectivity index (χ1v) is 6.37. The molecule has 3 nitrogen and oxygen atoms in total. The highest BCUT2D eigenvalue weighted by molar-refractivity contribution is 6.35. The van der Waals surface area contributed by atoms with Crippen molar-refractivity contribution in [2.45, 2.75) is 6.42 Å². The van der Waals surface area contributed by atoms with E-state index in [0.717, 1.165) is 38.3 Å². The molecule has 0 heterocycles. The fraction of sp³-hybridized carbons (Fsp3) is 0.500. The minimum atomic E-state index is 0.646. The van der Waals surface area contributed by atoms with E-state index >= 15 is 0 Å². The van der Waals surface area contributed by atoms with E-state index in [0.29, 0.717) is 10.0 Å². The van der Waals surface area contributed by atoms with Crippen molar-refractivity contribution in [1.82, 2.24) is 5.32 Å². The van der Waals surface area contributed by atoms with Crippen LogP contribution in [0.25, 0.3) is 0 Å². The van der Waals surface area contributed by atoms with Gasteiger partial charge in [0.15, 0.2) is 0 Å². The summed E-state index contributed by atoms with van der Waals surface area (Å²) >= 11 is 11.8. The van der Waals surface area contributed by atoms with Crippen LogP contribution < -0.4 is 10.6 Å². The number of anilines is 1. The Morgan fingerprint density at radius 2 is 1.76 bits per heavy atom. The molecule has 1 rings (SSSR count). The van der Waals surface area contributed by atoms with Gasteiger partial charge in [0.05, 0.1) is 0 Å². The lowest BCUT2D eigenvalue weighted by molar-refractivity contribution is 0.194. The fourth-order valence-electron chi connectivity index (χ4n) is 1.42. The van der Waals surface area contributed by atoms with E-state index in [1.165, 1.54) is 0 Å². The third-order valence-electron chi connectivity index (χ3n) is 2.20. The number of ether oxygens (including phenoxy) is 1. The van der Waals surface area contributed by atoms with E-state index in [1.54, 1.807) is 13.2 Å². The number of rotatable bonds is 8. The molecule has 0 aliphatic rings. The maximum Gasteiger partial charge on any atom is 0.0474 e. The largest absolute Gasteiger partial charge is 0.385 e. The quantitative estimate of drug-likeness (QED) is 0.717. The van der Waals surface area contributed by atoms with E-state index in [2.05, 4.69) is 10.6 Å². The molecule has 0 aliphatic heterocycles. The molecule has 0 saturated heterocycles. The van der Waals surface area contributed by atoms with E-state index in [1.807, 2.05) is 12.1 Å². The molecular weight excluding hydrogens is 259 g/mol. The van der Waals surface area contributed by atoms with Crippen LogP contribution in [0.5, 0.6) is 0 Å². The molecule has 0 radical (unpaired) electrons. The van der Waals surface area contributed by atoms with Gasteiger partial charge in [-0.3, -0.25) is 0 Å². The molecule has 2 N–H and O–H groups in total. The highest BCUT2D eigenvalue weighted by Gasteiger charge is 1.97. The first-order chi connectivity index (χ1) is 8.22. The molecule has 96 valence electrons. The van der Waals surface area contributed by atoms with Crippen LogP contribution in [0.2, 0.25) is 10.0 Å². The van der Waals surface area contributed by atoms with Crippen LogP contribution in [0, 0.1) is 0 Å². The Labute approximate surface area is 112 Å². The fourth-order valence-corrected chi connectivity index (χ4v) is 1.94. The van der Waals surface area contributed by atoms with Gasteiger partial charge in [-0.2, -0.15) is 0 Å². The van der Waals surface area contributed by atoms with Crippen molar-refractivity contribution in [3.05, 3.63) is 28.2 Å². The Hall–Kier alpha value is -0.480. The summed E-state index contributed by atoms with van der Waals surface area (Å²) in [5, 5.41) is 7.86. The molecular formula is C12H18Cl2N2O. The predicted molar refractivity (Wildman–Crippen MR) is 74.3 cm³/mol. The highest BCUT2D eigenvalue weighted by atomic mass is 35.5. The zero-order valence-corrected chi connectivity index (χ0v) is 11.4. The molecule has 17 heavy (non-hydrogen) atoms. The van der Waals surface area contributed by atoms with Crippen molar-refractivity contribution >= 4 is 28.9 Å². The van der Waals surface area contributed by atoms with Crippen LogP contribution in [0.15, 0.2) is 18.2 Å². The Kier molecular flexibility index (Phi) is 7.37. The van der Waals surface area contributed by atoms with Crippen molar-refractivity contribution in [2.75, 3.05) is 38.7 Å². The van der Waals surface area contributed by atoms with Crippen molar-refractivity contribution in [2.24, 2.45) is 0 Å². The summed E-state index contributed by atoms with van der Waals surface area (Å²) in [7, 11) is 1.71. The third-order valence-corrected chi connectivity index (χ3v) is 2.63. The number of hydrogen-bond donors (Lipinski definition) is 2. The molecule has 0 fully saturated rings. The Morgan fingerprint density at radius 3 is 2.41 bits per heavy atom. The van der Waals surface area contributed by atoms with E-state index in [9.17, 15) is 0 Å². The van der Waals surface area contributed by atoms with Crippen LogP contribution >= 0.6 is 23.2 Å².